The molecular weight excluding hydrogens is 342 g/mol. The number of allylic oxidation sites excluding steroid dienone is 1. The molecule has 3 rings (SSSR count). The van der Waals surface area contributed by atoms with Crippen LogP contribution in [0.15, 0.2) is 61.2 Å². The number of amides is 1. The lowest BCUT2D eigenvalue weighted by molar-refractivity contribution is -0.111. The molecule has 0 radical (unpaired) electrons. The predicted octanol–water partition coefficient (Wildman–Crippen LogP) is 3.08. The molecule has 0 bridgehead atoms. The third kappa shape index (κ3) is 5.40. The minimum atomic E-state index is -0.149. The third-order valence-corrected chi connectivity index (χ3v) is 3.63. The van der Waals surface area contributed by atoms with Crippen molar-refractivity contribution in [3.8, 4) is 0 Å². The molecule has 0 aliphatic rings. The van der Waals surface area contributed by atoms with Crippen LogP contribution < -0.4 is 16.0 Å². The van der Waals surface area contributed by atoms with E-state index < -0.39 is 0 Å². The van der Waals surface area contributed by atoms with E-state index in [2.05, 4.69) is 31.0 Å². The van der Waals surface area contributed by atoms with Gasteiger partial charge in [-0.2, -0.15) is 5.10 Å². The van der Waals surface area contributed by atoms with Crippen molar-refractivity contribution in [3.05, 3.63) is 66.8 Å². The highest BCUT2D eigenvalue weighted by Crippen LogP contribution is 2.17. The summed E-state index contributed by atoms with van der Waals surface area (Å²) in [6.45, 7) is 2.37. The molecule has 0 saturated heterocycles. The topological polar surface area (TPSA) is 96.8 Å². The first-order chi connectivity index (χ1) is 13.1. The molecule has 1 aromatic carbocycles. The van der Waals surface area contributed by atoms with Gasteiger partial charge >= 0.3 is 0 Å². The molecular formula is C19H21N7O. The first-order valence-electron chi connectivity index (χ1n) is 8.46. The van der Waals surface area contributed by atoms with Gasteiger partial charge in [-0.05, 0) is 30.7 Å². The van der Waals surface area contributed by atoms with Gasteiger partial charge in [-0.25, -0.2) is 9.97 Å². The van der Waals surface area contributed by atoms with E-state index in [0.29, 0.717) is 18.2 Å². The number of aryl methyl sites for hydroxylation is 1. The minimum Gasteiger partial charge on any atom is -0.366 e. The molecule has 0 aliphatic heterocycles. The molecule has 0 unspecified atom stereocenters. The summed E-state index contributed by atoms with van der Waals surface area (Å²) in [5.41, 5.74) is 2.62. The number of nitrogens with one attached hydrogen (secondary N) is 3. The second-order valence-corrected chi connectivity index (χ2v) is 5.86. The molecule has 2 aromatic heterocycles. The van der Waals surface area contributed by atoms with Crippen molar-refractivity contribution in [2.45, 2.75) is 13.5 Å². The van der Waals surface area contributed by atoms with E-state index >= 15 is 0 Å². The van der Waals surface area contributed by atoms with E-state index in [0.717, 1.165) is 16.9 Å². The van der Waals surface area contributed by atoms with Crippen molar-refractivity contribution in [3.63, 3.8) is 0 Å². The van der Waals surface area contributed by atoms with Gasteiger partial charge in [-0.15, -0.1) is 0 Å². The zero-order valence-electron chi connectivity index (χ0n) is 15.2. The Labute approximate surface area is 157 Å². The summed E-state index contributed by atoms with van der Waals surface area (Å²) < 4.78 is 1.71. The predicted molar refractivity (Wildman–Crippen MR) is 106 cm³/mol. The van der Waals surface area contributed by atoms with Gasteiger partial charge in [0.15, 0.2) is 0 Å². The fourth-order valence-electron chi connectivity index (χ4n) is 2.44. The number of hydrogen-bond donors (Lipinski definition) is 3. The van der Waals surface area contributed by atoms with E-state index in [1.54, 1.807) is 23.9 Å². The van der Waals surface area contributed by atoms with Crippen LogP contribution in [0.5, 0.6) is 0 Å². The van der Waals surface area contributed by atoms with Crippen LogP contribution >= 0.6 is 0 Å². The molecule has 0 aliphatic carbocycles. The molecule has 8 heteroatoms. The highest BCUT2D eigenvalue weighted by molar-refractivity contribution is 5.99. The summed E-state index contributed by atoms with van der Waals surface area (Å²) >= 11 is 0. The second-order valence-electron chi connectivity index (χ2n) is 5.86. The van der Waals surface area contributed by atoms with Crippen LogP contribution in [0.25, 0.3) is 0 Å². The summed E-state index contributed by atoms with van der Waals surface area (Å²) in [6, 6.07) is 9.48. The van der Waals surface area contributed by atoms with Crippen LogP contribution in [0.2, 0.25) is 0 Å². The highest BCUT2D eigenvalue weighted by atomic mass is 16.1. The maximum absolute atomic E-state index is 11.6. The maximum atomic E-state index is 11.6. The summed E-state index contributed by atoms with van der Waals surface area (Å²) in [4.78, 5) is 20.1. The normalized spacial score (nSPS) is 10.7. The molecule has 0 atom stereocenters. The Morgan fingerprint density at radius 1 is 1.19 bits per heavy atom. The van der Waals surface area contributed by atoms with Gasteiger partial charge < -0.3 is 16.0 Å². The minimum absolute atomic E-state index is 0.149. The van der Waals surface area contributed by atoms with E-state index in [4.69, 9.17) is 0 Å². The largest absolute Gasteiger partial charge is 0.366 e. The van der Waals surface area contributed by atoms with Crippen molar-refractivity contribution in [1.29, 1.82) is 0 Å². The van der Waals surface area contributed by atoms with E-state index in [1.165, 1.54) is 12.4 Å². The Morgan fingerprint density at radius 2 is 2.04 bits per heavy atom. The lowest BCUT2D eigenvalue weighted by atomic mass is 10.2. The number of anilines is 4. The second kappa shape index (κ2) is 8.61. The molecule has 138 valence electrons. The van der Waals surface area contributed by atoms with Crippen molar-refractivity contribution < 1.29 is 4.79 Å². The molecule has 27 heavy (non-hydrogen) atoms. The van der Waals surface area contributed by atoms with Crippen LogP contribution in [0, 0.1) is 0 Å². The van der Waals surface area contributed by atoms with Crippen LogP contribution in [-0.4, -0.2) is 25.7 Å². The summed E-state index contributed by atoms with van der Waals surface area (Å²) in [5, 5.41) is 13.4. The number of carbonyl (C=O) groups is 1. The number of aromatic nitrogens is 4. The van der Waals surface area contributed by atoms with Crippen LogP contribution in [-0.2, 0) is 18.4 Å². The fraction of sp³-hybridized carbons (Fsp3) is 0.158. The van der Waals surface area contributed by atoms with Crippen LogP contribution in [0.4, 0.5) is 23.0 Å². The van der Waals surface area contributed by atoms with Crippen LogP contribution in [0.1, 0.15) is 12.5 Å². The molecule has 0 spiro atoms. The number of benzene rings is 1. The molecule has 0 saturated carbocycles. The quantitative estimate of drug-likeness (QED) is 0.558. The van der Waals surface area contributed by atoms with Crippen molar-refractivity contribution >= 4 is 28.9 Å². The van der Waals surface area contributed by atoms with Crippen LogP contribution in [0.3, 0.4) is 0 Å². The zero-order chi connectivity index (χ0) is 19.1. The number of rotatable bonds is 7. The lowest BCUT2D eigenvalue weighted by Gasteiger charge is -2.09. The van der Waals surface area contributed by atoms with E-state index in [9.17, 15) is 4.79 Å². The smallest absolute Gasteiger partial charge is 0.248 e. The monoisotopic (exact) mass is 363 g/mol. The fourth-order valence-corrected chi connectivity index (χ4v) is 2.44. The standard InChI is InChI=1S/C19H21N7O/c1-3-5-19(27)25-15-7-4-6-14(8-15)10-20-17-9-18(22-13-21-17)24-16-11-23-26(2)12-16/h3-9,11-13H,10H2,1-2H3,(H,25,27)(H2,20,21,22,24)/b5-3+. The molecule has 3 aromatic rings. The molecule has 2 heterocycles. The first-order valence-corrected chi connectivity index (χ1v) is 8.46. The van der Waals surface area contributed by atoms with E-state index in [1.807, 2.05) is 43.6 Å². The molecule has 8 nitrogen and oxygen atoms in total. The van der Waals surface area contributed by atoms with Gasteiger partial charge in [0.2, 0.25) is 5.91 Å². The Kier molecular flexibility index (Phi) is 5.78. The number of carbonyl (C=O) groups excluding carboxylic acids is 1. The zero-order valence-corrected chi connectivity index (χ0v) is 15.2. The van der Waals surface area contributed by atoms with Crippen molar-refractivity contribution in [1.82, 2.24) is 19.7 Å². The Bertz CT molecular complexity index is 948. The number of nitrogens with zero attached hydrogens (tertiary/aromatic N) is 4. The maximum Gasteiger partial charge on any atom is 0.248 e. The Morgan fingerprint density at radius 3 is 2.81 bits per heavy atom. The van der Waals surface area contributed by atoms with Gasteiger partial charge in [0.25, 0.3) is 0 Å². The van der Waals surface area contributed by atoms with E-state index in [-0.39, 0.29) is 5.91 Å². The number of hydrogen-bond acceptors (Lipinski definition) is 6. The lowest BCUT2D eigenvalue weighted by Crippen LogP contribution is -2.08. The summed E-state index contributed by atoms with van der Waals surface area (Å²) in [5.74, 6) is 1.22. The highest BCUT2D eigenvalue weighted by Gasteiger charge is 2.03. The van der Waals surface area contributed by atoms with Gasteiger partial charge in [0, 0.05) is 31.5 Å². The third-order valence-electron chi connectivity index (χ3n) is 3.63. The van der Waals surface area contributed by atoms with Gasteiger partial charge in [0.1, 0.15) is 18.0 Å². The van der Waals surface area contributed by atoms with Gasteiger partial charge in [0.05, 0.1) is 11.9 Å². The Balaban J connectivity index is 1.61. The van der Waals surface area contributed by atoms with Crippen molar-refractivity contribution in [2.24, 2.45) is 7.05 Å². The molecule has 3 N–H and O–H groups in total. The first kappa shape index (κ1) is 18.1. The SMILES string of the molecule is C/C=C/C(=O)Nc1cccc(CNc2cc(Nc3cnn(C)c3)ncn2)c1. The van der Waals surface area contributed by atoms with Gasteiger partial charge in [-0.1, -0.05) is 18.2 Å². The molecule has 1 amide bonds. The summed E-state index contributed by atoms with van der Waals surface area (Å²) in [7, 11) is 1.85. The molecule has 0 fully saturated rings. The van der Waals surface area contributed by atoms with Crippen molar-refractivity contribution in [2.75, 3.05) is 16.0 Å². The summed E-state index contributed by atoms with van der Waals surface area (Å²) in [6.07, 6.45) is 8.27. The average molecular weight is 363 g/mol. The average Bonchev–Trinajstić information content (AvgIpc) is 3.05. The van der Waals surface area contributed by atoms with Gasteiger partial charge in [-0.3, -0.25) is 9.48 Å². The Hall–Kier alpha value is -3.68.